The first-order chi connectivity index (χ1) is 15.6. The largest absolute Gasteiger partial charge is 0.497 e. The molecule has 3 heterocycles. The fourth-order valence-corrected chi connectivity index (χ4v) is 5.06. The molecule has 3 atom stereocenters. The Morgan fingerprint density at radius 1 is 1.28 bits per heavy atom. The van der Waals surface area contributed by atoms with Crippen LogP contribution >= 0.6 is 23.4 Å². The number of hydrogen-bond donors (Lipinski definition) is 3. The first-order valence-electron chi connectivity index (χ1n) is 10.3. The summed E-state index contributed by atoms with van der Waals surface area (Å²) in [6, 6.07) is 15.7. The summed E-state index contributed by atoms with van der Waals surface area (Å²) in [5, 5.41) is 10.9. The third-order valence-electron chi connectivity index (χ3n) is 5.66. The molecule has 32 heavy (non-hydrogen) atoms. The number of amidine groups is 1. The number of thioether (sulfide) groups is 1. The minimum atomic E-state index is -0.104. The van der Waals surface area contributed by atoms with Gasteiger partial charge < -0.3 is 20.0 Å². The molecule has 3 unspecified atom stereocenters. The highest BCUT2D eigenvalue weighted by Gasteiger charge is 2.44. The van der Waals surface area contributed by atoms with Crippen LogP contribution in [0.5, 0.6) is 5.75 Å². The van der Waals surface area contributed by atoms with Crippen LogP contribution in [0.3, 0.4) is 0 Å². The standard InChI is InChI=1S/C22H23ClN6O2S/c1-31-17-7-5-14(6-8-17)18-12-19-21-25-26-22(28(21)9-10-29(19)27-18)32-13-20(30)24-16-4-2-3-15(23)11-16/h2-11,18-19,21,25,27H,12-13H2,1H3,(H,24,30). The van der Waals surface area contributed by atoms with Gasteiger partial charge in [0.15, 0.2) is 5.17 Å². The zero-order chi connectivity index (χ0) is 22.1. The smallest absolute Gasteiger partial charge is 0.234 e. The Hall–Kier alpha value is -2.88. The van der Waals surface area contributed by atoms with Crippen LogP contribution in [0.2, 0.25) is 5.02 Å². The van der Waals surface area contributed by atoms with E-state index in [0.717, 1.165) is 17.3 Å². The van der Waals surface area contributed by atoms with Gasteiger partial charge in [0.1, 0.15) is 11.9 Å². The van der Waals surface area contributed by atoms with E-state index in [1.54, 1.807) is 25.3 Å². The molecule has 1 saturated heterocycles. The molecule has 1 fully saturated rings. The Balaban J connectivity index is 1.18. The highest BCUT2D eigenvalue weighted by atomic mass is 35.5. The second kappa shape index (κ2) is 8.93. The Bertz CT molecular complexity index is 1060. The lowest BCUT2D eigenvalue weighted by molar-refractivity contribution is -0.113. The average Bonchev–Trinajstić information content (AvgIpc) is 3.42. The van der Waals surface area contributed by atoms with Crippen molar-refractivity contribution >= 4 is 40.1 Å². The Morgan fingerprint density at radius 2 is 2.12 bits per heavy atom. The van der Waals surface area contributed by atoms with Crippen molar-refractivity contribution in [1.82, 2.24) is 20.8 Å². The van der Waals surface area contributed by atoms with E-state index >= 15 is 0 Å². The lowest BCUT2D eigenvalue weighted by Crippen LogP contribution is -2.54. The van der Waals surface area contributed by atoms with Crippen molar-refractivity contribution in [3.63, 3.8) is 0 Å². The van der Waals surface area contributed by atoms with Gasteiger partial charge >= 0.3 is 0 Å². The molecule has 0 bridgehead atoms. The molecule has 166 valence electrons. The minimum Gasteiger partial charge on any atom is -0.497 e. The number of fused-ring (bicyclic) bond motifs is 3. The third kappa shape index (κ3) is 4.23. The SMILES string of the molecule is COc1ccc(C2CC3C4NN=C(SCC(=O)Nc5cccc(Cl)c5)N4C=CN3N2)cc1. The maximum atomic E-state index is 12.4. The van der Waals surface area contributed by atoms with Crippen LogP contribution in [0.15, 0.2) is 66.0 Å². The van der Waals surface area contributed by atoms with Crippen molar-refractivity contribution < 1.29 is 9.53 Å². The normalized spacial score (nSPS) is 23.3. The number of benzene rings is 2. The van der Waals surface area contributed by atoms with Gasteiger partial charge in [0.05, 0.1) is 24.9 Å². The van der Waals surface area contributed by atoms with Crippen molar-refractivity contribution in [3.05, 3.63) is 71.5 Å². The highest BCUT2D eigenvalue weighted by molar-refractivity contribution is 8.14. The van der Waals surface area contributed by atoms with Crippen molar-refractivity contribution in [3.8, 4) is 5.75 Å². The zero-order valence-electron chi connectivity index (χ0n) is 17.4. The maximum absolute atomic E-state index is 12.4. The number of ether oxygens (including phenoxy) is 1. The number of nitrogens with one attached hydrogen (secondary N) is 3. The Labute approximate surface area is 195 Å². The molecule has 0 spiro atoms. The first kappa shape index (κ1) is 21.0. The van der Waals surface area contributed by atoms with Crippen LogP contribution in [0.4, 0.5) is 5.69 Å². The van der Waals surface area contributed by atoms with Gasteiger partial charge in [-0.15, -0.1) is 0 Å². The van der Waals surface area contributed by atoms with Gasteiger partial charge in [-0.3, -0.25) is 10.2 Å². The number of carbonyl (C=O) groups excluding carboxylic acids is 1. The molecule has 0 aliphatic carbocycles. The van der Waals surface area contributed by atoms with Crippen LogP contribution in [0.25, 0.3) is 0 Å². The Morgan fingerprint density at radius 3 is 2.91 bits per heavy atom. The molecule has 2 aromatic carbocycles. The molecule has 5 rings (SSSR count). The quantitative estimate of drug-likeness (QED) is 0.618. The van der Waals surface area contributed by atoms with E-state index in [9.17, 15) is 4.79 Å². The monoisotopic (exact) mass is 470 g/mol. The summed E-state index contributed by atoms with van der Waals surface area (Å²) in [6.07, 6.45) is 4.95. The number of amides is 1. The van der Waals surface area contributed by atoms with E-state index in [2.05, 4.69) is 43.3 Å². The van der Waals surface area contributed by atoms with E-state index in [1.165, 1.54) is 17.3 Å². The summed E-state index contributed by atoms with van der Waals surface area (Å²) in [5.74, 6) is 1.00. The molecule has 3 N–H and O–H groups in total. The van der Waals surface area contributed by atoms with Crippen LogP contribution in [0, 0.1) is 0 Å². The number of rotatable bonds is 5. The van der Waals surface area contributed by atoms with Crippen molar-refractivity contribution in [2.75, 3.05) is 18.2 Å². The molecule has 0 saturated carbocycles. The maximum Gasteiger partial charge on any atom is 0.234 e. The van der Waals surface area contributed by atoms with Crippen LogP contribution < -0.4 is 20.9 Å². The second-order valence-electron chi connectivity index (χ2n) is 7.69. The summed E-state index contributed by atoms with van der Waals surface area (Å²) in [6.45, 7) is 0. The number of halogens is 1. The molecule has 1 amide bonds. The number of methoxy groups -OCH3 is 1. The van der Waals surface area contributed by atoms with Gasteiger partial charge in [-0.2, -0.15) is 5.10 Å². The molecule has 0 radical (unpaired) electrons. The number of hydrazine groups is 1. The number of hydrazone groups is 1. The van der Waals surface area contributed by atoms with Gasteiger partial charge in [0.25, 0.3) is 0 Å². The fraction of sp³-hybridized carbons (Fsp3) is 0.273. The van der Waals surface area contributed by atoms with Crippen molar-refractivity contribution in [1.29, 1.82) is 0 Å². The van der Waals surface area contributed by atoms with Crippen LogP contribution in [-0.2, 0) is 4.79 Å². The Kier molecular flexibility index (Phi) is 5.86. The molecule has 0 aromatic heterocycles. The highest BCUT2D eigenvalue weighted by Crippen LogP contribution is 2.35. The lowest BCUT2D eigenvalue weighted by Gasteiger charge is -2.36. The fourth-order valence-electron chi connectivity index (χ4n) is 4.10. The van der Waals surface area contributed by atoms with Crippen LogP contribution in [0.1, 0.15) is 18.0 Å². The van der Waals surface area contributed by atoms with Gasteiger partial charge in [0, 0.05) is 23.1 Å². The molecule has 10 heteroatoms. The first-order valence-corrected chi connectivity index (χ1v) is 11.6. The summed E-state index contributed by atoms with van der Waals surface area (Å²) in [7, 11) is 1.67. The number of hydrogen-bond acceptors (Lipinski definition) is 8. The molecular formula is C22H23ClN6O2S. The predicted molar refractivity (Wildman–Crippen MR) is 127 cm³/mol. The van der Waals surface area contributed by atoms with Gasteiger partial charge in [-0.05, 0) is 42.3 Å². The predicted octanol–water partition coefficient (Wildman–Crippen LogP) is 3.33. The van der Waals surface area contributed by atoms with Gasteiger partial charge in [-0.1, -0.05) is 41.6 Å². The zero-order valence-corrected chi connectivity index (χ0v) is 18.9. The van der Waals surface area contributed by atoms with Gasteiger partial charge in [0.2, 0.25) is 5.91 Å². The van der Waals surface area contributed by atoms with E-state index < -0.39 is 0 Å². The number of nitrogens with zero attached hydrogens (tertiary/aromatic N) is 3. The van der Waals surface area contributed by atoms with E-state index in [0.29, 0.717) is 10.7 Å². The molecular weight excluding hydrogens is 448 g/mol. The van der Waals surface area contributed by atoms with E-state index in [-0.39, 0.29) is 29.9 Å². The summed E-state index contributed by atoms with van der Waals surface area (Å²) >= 11 is 7.38. The average molecular weight is 471 g/mol. The van der Waals surface area contributed by atoms with E-state index in [1.807, 2.05) is 30.6 Å². The molecule has 8 nitrogen and oxygen atoms in total. The third-order valence-corrected chi connectivity index (χ3v) is 6.87. The lowest BCUT2D eigenvalue weighted by atomic mass is 10.00. The van der Waals surface area contributed by atoms with Crippen LogP contribution in [-0.4, -0.2) is 46.1 Å². The number of carbonyl (C=O) groups is 1. The van der Waals surface area contributed by atoms with Gasteiger partial charge in [-0.25, -0.2) is 5.43 Å². The van der Waals surface area contributed by atoms with E-state index in [4.69, 9.17) is 16.3 Å². The topological polar surface area (TPSA) is 81.2 Å². The molecule has 3 aliphatic rings. The van der Waals surface area contributed by atoms with Crippen molar-refractivity contribution in [2.45, 2.75) is 24.7 Å². The molecule has 3 aliphatic heterocycles. The summed E-state index contributed by atoms with van der Waals surface area (Å²) in [5.41, 5.74) is 8.70. The summed E-state index contributed by atoms with van der Waals surface area (Å²) in [4.78, 5) is 14.4. The molecule has 2 aromatic rings. The van der Waals surface area contributed by atoms with Crippen molar-refractivity contribution in [2.24, 2.45) is 5.10 Å². The number of anilines is 1. The summed E-state index contributed by atoms with van der Waals surface area (Å²) < 4.78 is 5.26. The minimum absolute atomic E-state index is 0.00856. The second-order valence-corrected chi connectivity index (χ2v) is 9.07.